The molecule has 0 saturated carbocycles. The number of carboxylic acids is 1. The van der Waals surface area contributed by atoms with Gasteiger partial charge in [-0.15, -0.1) is 0 Å². The molecule has 16 heavy (non-hydrogen) atoms. The topological polar surface area (TPSA) is 86.5 Å². The number of aliphatic hydroxyl groups is 1. The summed E-state index contributed by atoms with van der Waals surface area (Å²) < 4.78 is 0. The molecule has 1 atom stereocenters. The van der Waals surface area contributed by atoms with E-state index < -0.39 is 5.97 Å². The smallest absolute Gasteiger partial charge is 0.339 e. The van der Waals surface area contributed by atoms with Crippen molar-refractivity contribution in [2.75, 3.05) is 13.7 Å². The number of rotatable bonds is 5. The first kappa shape index (κ1) is 12.5. The Hall–Kier alpha value is -1.53. The maximum atomic E-state index is 10.9. The fourth-order valence-electron chi connectivity index (χ4n) is 1.19. The van der Waals surface area contributed by atoms with Crippen LogP contribution in [0.15, 0.2) is 12.5 Å². The highest BCUT2D eigenvalue weighted by Crippen LogP contribution is 2.08. The molecule has 0 aliphatic heterocycles. The summed E-state index contributed by atoms with van der Waals surface area (Å²) in [5.74, 6) is -1.04. The lowest BCUT2D eigenvalue weighted by Crippen LogP contribution is -2.32. The number of likely N-dealkylation sites (N-methyl/N-ethyl adjacent to an activating group) is 1. The van der Waals surface area contributed by atoms with Gasteiger partial charge < -0.3 is 10.2 Å². The summed E-state index contributed by atoms with van der Waals surface area (Å²) >= 11 is 0. The molecule has 2 N–H and O–H groups in total. The Labute approximate surface area is 93.6 Å². The molecule has 1 rings (SSSR count). The minimum Gasteiger partial charge on any atom is -0.478 e. The van der Waals surface area contributed by atoms with E-state index in [-0.39, 0.29) is 18.2 Å². The highest BCUT2D eigenvalue weighted by Gasteiger charge is 2.15. The summed E-state index contributed by atoms with van der Waals surface area (Å²) in [6, 6.07) is -0.0448. The first-order valence-corrected chi connectivity index (χ1v) is 4.89. The van der Waals surface area contributed by atoms with E-state index in [4.69, 9.17) is 10.2 Å². The van der Waals surface area contributed by atoms with Crippen molar-refractivity contribution in [3.05, 3.63) is 23.8 Å². The van der Waals surface area contributed by atoms with E-state index in [1.54, 1.807) is 7.05 Å². The molecule has 0 saturated heterocycles. The van der Waals surface area contributed by atoms with Crippen molar-refractivity contribution < 1.29 is 15.0 Å². The van der Waals surface area contributed by atoms with Crippen LogP contribution >= 0.6 is 0 Å². The lowest BCUT2D eigenvalue weighted by molar-refractivity contribution is 0.0692. The van der Waals surface area contributed by atoms with Crippen molar-refractivity contribution in [2.45, 2.75) is 19.5 Å². The van der Waals surface area contributed by atoms with Crippen LogP contribution in [-0.4, -0.2) is 50.7 Å². The number of aliphatic hydroxyl groups excluding tert-OH is 1. The van der Waals surface area contributed by atoms with E-state index in [1.807, 2.05) is 11.8 Å². The third kappa shape index (κ3) is 2.98. The largest absolute Gasteiger partial charge is 0.478 e. The normalized spacial score (nSPS) is 12.8. The van der Waals surface area contributed by atoms with Gasteiger partial charge in [0.2, 0.25) is 0 Å². The van der Waals surface area contributed by atoms with Gasteiger partial charge in [-0.05, 0) is 14.0 Å². The number of carboxylic acid groups (broad SMARTS) is 1. The Balaban J connectivity index is 2.84. The first-order chi connectivity index (χ1) is 7.56. The SMILES string of the molecule is CC(CO)N(C)Cc1ncncc1C(=O)O. The Kier molecular flexibility index (Phi) is 4.33. The molecule has 1 aromatic heterocycles. The molecule has 1 heterocycles. The Morgan fingerprint density at radius 2 is 2.31 bits per heavy atom. The van der Waals surface area contributed by atoms with E-state index >= 15 is 0 Å². The summed E-state index contributed by atoms with van der Waals surface area (Å²) in [7, 11) is 1.80. The molecule has 6 heteroatoms. The fraction of sp³-hybridized carbons (Fsp3) is 0.500. The highest BCUT2D eigenvalue weighted by molar-refractivity contribution is 5.88. The molecule has 0 bridgehead atoms. The predicted octanol–water partition coefficient (Wildman–Crippen LogP) is -0.0126. The highest BCUT2D eigenvalue weighted by atomic mass is 16.4. The summed E-state index contributed by atoms with van der Waals surface area (Å²) in [5, 5.41) is 17.9. The Morgan fingerprint density at radius 1 is 1.62 bits per heavy atom. The van der Waals surface area contributed by atoms with Gasteiger partial charge >= 0.3 is 5.97 Å². The zero-order valence-corrected chi connectivity index (χ0v) is 9.29. The summed E-state index contributed by atoms with van der Waals surface area (Å²) in [6.07, 6.45) is 2.60. The van der Waals surface area contributed by atoms with Crippen molar-refractivity contribution in [2.24, 2.45) is 0 Å². The van der Waals surface area contributed by atoms with Gasteiger partial charge in [0.05, 0.1) is 12.3 Å². The molecule has 0 aliphatic rings. The van der Waals surface area contributed by atoms with Crippen molar-refractivity contribution in [3.8, 4) is 0 Å². The zero-order chi connectivity index (χ0) is 12.1. The van der Waals surface area contributed by atoms with Gasteiger partial charge in [-0.1, -0.05) is 0 Å². The summed E-state index contributed by atoms with van der Waals surface area (Å²) in [4.78, 5) is 20.3. The van der Waals surface area contributed by atoms with E-state index in [0.29, 0.717) is 12.2 Å². The van der Waals surface area contributed by atoms with Crippen LogP contribution in [0.1, 0.15) is 23.0 Å². The van der Waals surface area contributed by atoms with Crippen LogP contribution in [0.5, 0.6) is 0 Å². The summed E-state index contributed by atoms with van der Waals surface area (Å²) in [6.45, 7) is 2.23. The molecular formula is C10H15N3O3. The van der Waals surface area contributed by atoms with Crippen molar-refractivity contribution in [1.82, 2.24) is 14.9 Å². The fourth-order valence-corrected chi connectivity index (χ4v) is 1.19. The minimum atomic E-state index is -1.04. The van der Waals surface area contributed by atoms with Crippen LogP contribution in [0.3, 0.4) is 0 Å². The Morgan fingerprint density at radius 3 is 2.88 bits per heavy atom. The van der Waals surface area contributed by atoms with Gasteiger partial charge in [-0.25, -0.2) is 14.8 Å². The van der Waals surface area contributed by atoms with Gasteiger partial charge in [-0.2, -0.15) is 0 Å². The summed E-state index contributed by atoms with van der Waals surface area (Å²) in [5.41, 5.74) is 0.546. The molecule has 1 aromatic rings. The maximum absolute atomic E-state index is 10.9. The molecule has 0 aliphatic carbocycles. The quantitative estimate of drug-likeness (QED) is 0.732. The maximum Gasteiger partial charge on any atom is 0.339 e. The number of carbonyl (C=O) groups is 1. The molecule has 0 radical (unpaired) electrons. The van der Waals surface area contributed by atoms with Gasteiger partial charge in [0.25, 0.3) is 0 Å². The van der Waals surface area contributed by atoms with E-state index in [1.165, 1.54) is 12.5 Å². The van der Waals surface area contributed by atoms with Crippen LogP contribution in [0.4, 0.5) is 0 Å². The standard InChI is InChI=1S/C10H15N3O3/c1-7(5-14)13(2)4-9-8(10(15)16)3-11-6-12-9/h3,6-7,14H,4-5H2,1-2H3,(H,15,16). The Bertz CT molecular complexity index is 370. The van der Waals surface area contributed by atoms with Crippen molar-refractivity contribution >= 4 is 5.97 Å². The lowest BCUT2D eigenvalue weighted by atomic mass is 10.2. The van der Waals surface area contributed by atoms with Crippen LogP contribution < -0.4 is 0 Å². The molecule has 88 valence electrons. The molecule has 1 unspecified atom stereocenters. The molecule has 6 nitrogen and oxygen atoms in total. The van der Waals surface area contributed by atoms with Gasteiger partial charge in [0, 0.05) is 18.8 Å². The number of hydrogen-bond donors (Lipinski definition) is 2. The van der Waals surface area contributed by atoms with Crippen LogP contribution in [0.25, 0.3) is 0 Å². The molecule has 0 fully saturated rings. The average molecular weight is 225 g/mol. The van der Waals surface area contributed by atoms with Gasteiger partial charge in [-0.3, -0.25) is 4.90 Å². The first-order valence-electron chi connectivity index (χ1n) is 4.89. The predicted molar refractivity (Wildman–Crippen MR) is 57.0 cm³/mol. The van der Waals surface area contributed by atoms with Crippen LogP contribution in [0, 0.1) is 0 Å². The second-order valence-electron chi connectivity index (χ2n) is 3.63. The van der Waals surface area contributed by atoms with Crippen LogP contribution in [-0.2, 0) is 6.54 Å². The number of nitrogens with zero attached hydrogens (tertiary/aromatic N) is 3. The van der Waals surface area contributed by atoms with Gasteiger partial charge in [0.1, 0.15) is 11.9 Å². The lowest BCUT2D eigenvalue weighted by Gasteiger charge is -2.22. The monoisotopic (exact) mass is 225 g/mol. The number of hydrogen-bond acceptors (Lipinski definition) is 5. The number of aromatic carboxylic acids is 1. The average Bonchev–Trinajstić information content (AvgIpc) is 2.28. The third-order valence-corrected chi connectivity index (χ3v) is 2.44. The van der Waals surface area contributed by atoms with Crippen molar-refractivity contribution in [3.63, 3.8) is 0 Å². The molecular weight excluding hydrogens is 210 g/mol. The third-order valence-electron chi connectivity index (χ3n) is 2.44. The number of aromatic nitrogens is 2. The van der Waals surface area contributed by atoms with E-state index in [2.05, 4.69) is 9.97 Å². The van der Waals surface area contributed by atoms with Crippen LogP contribution in [0.2, 0.25) is 0 Å². The second-order valence-corrected chi connectivity index (χ2v) is 3.63. The molecule has 0 spiro atoms. The second kappa shape index (κ2) is 5.53. The van der Waals surface area contributed by atoms with Crippen molar-refractivity contribution in [1.29, 1.82) is 0 Å². The molecule has 0 amide bonds. The zero-order valence-electron chi connectivity index (χ0n) is 9.29. The van der Waals surface area contributed by atoms with E-state index in [9.17, 15) is 4.79 Å². The van der Waals surface area contributed by atoms with Gasteiger partial charge in [0.15, 0.2) is 0 Å². The minimum absolute atomic E-state index is 0.0178. The van der Waals surface area contributed by atoms with E-state index in [0.717, 1.165) is 0 Å². The molecule has 0 aromatic carbocycles.